The molecule has 0 saturated heterocycles. The van der Waals surface area contributed by atoms with Gasteiger partial charge in [-0.15, -0.1) is 0 Å². The molecule has 0 N–H and O–H groups in total. The minimum absolute atomic E-state index is 0.0431. The van der Waals surface area contributed by atoms with Gasteiger partial charge in [0.05, 0.1) is 6.61 Å². The number of halogens is 1. The van der Waals surface area contributed by atoms with E-state index in [1.165, 1.54) is 0 Å². The molecular formula is C13H11BrO4. The van der Waals surface area contributed by atoms with Crippen molar-refractivity contribution >= 4 is 38.7 Å². The molecule has 5 heteroatoms. The van der Waals surface area contributed by atoms with Crippen molar-refractivity contribution in [1.82, 2.24) is 0 Å². The molecule has 1 aromatic carbocycles. The fourth-order valence-corrected chi connectivity index (χ4v) is 2.05. The molecule has 0 aliphatic heterocycles. The normalized spacial score (nSPS) is 10.6. The average molecular weight is 311 g/mol. The fraction of sp³-hybridized carbons (Fsp3) is 0.231. The van der Waals surface area contributed by atoms with Gasteiger partial charge in [-0.2, -0.15) is 0 Å². The molecule has 0 aliphatic carbocycles. The van der Waals surface area contributed by atoms with Crippen LogP contribution in [-0.4, -0.2) is 18.4 Å². The lowest BCUT2D eigenvalue weighted by Crippen LogP contribution is -2.17. The molecule has 1 heterocycles. The predicted molar refractivity (Wildman–Crippen MR) is 69.6 cm³/mol. The maximum atomic E-state index is 11.8. The maximum Gasteiger partial charge on any atom is 0.383 e. The summed E-state index contributed by atoms with van der Waals surface area (Å²) in [6.07, 6.45) is 0. The Kier molecular flexibility index (Phi) is 3.52. The maximum absolute atomic E-state index is 11.8. The first-order chi connectivity index (χ1) is 8.54. The highest BCUT2D eigenvalue weighted by atomic mass is 79.9. The van der Waals surface area contributed by atoms with Crippen LogP contribution in [0.15, 0.2) is 27.1 Å². The number of hydrogen-bond acceptors (Lipinski definition) is 4. The highest BCUT2D eigenvalue weighted by Gasteiger charge is 2.25. The lowest BCUT2D eigenvalue weighted by atomic mass is 10.1. The van der Waals surface area contributed by atoms with E-state index in [1.54, 1.807) is 19.9 Å². The number of ether oxygens (including phenoxy) is 1. The number of esters is 1. The van der Waals surface area contributed by atoms with Gasteiger partial charge in [0.15, 0.2) is 5.76 Å². The summed E-state index contributed by atoms with van der Waals surface area (Å²) < 4.78 is 10.9. The summed E-state index contributed by atoms with van der Waals surface area (Å²) in [5.74, 6) is -1.60. The minimum atomic E-state index is -0.890. The van der Waals surface area contributed by atoms with E-state index in [4.69, 9.17) is 4.42 Å². The number of carbonyl (C=O) groups is 2. The molecule has 0 radical (unpaired) electrons. The number of Topliss-reactive ketones (excluding diaryl/α,β-unsaturated/α-hetero) is 1. The van der Waals surface area contributed by atoms with Gasteiger partial charge in [0.25, 0.3) is 0 Å². The van der Waals surface area contributed by atoms with Crippen molar-refractivity contribution < 1.29 is 18.7 Å². The number of furan rings is 1. The fourth-order valence-electron chi connectivity index (χ4n) is 1.71. The molecule has 0 amide bonds. The highest BCUT2D eigenvalue weighted by molar-refractivity contribution is 9.10. The summed E-state index contributed by atoms with van der Waals surface area (Å²) in [4.78, 5) is 23.2. The monoisotopic (exact) mass is 310 g/mol. The van der Waals surface area contributed by atoms with E-state index >= 15 is 0 Å². The van der Waals surface area contributed by atoms with E-state index < -0.39 is 11.8 Å². The second kappa shape index (κ2) is 4.94. The van der Waals surface area contributed by atoms with Crippen LogP contribution < -0.4 is 0 Å². The summed E-state index contributed by atoms with van der Waals surface area (Å²) in [7, 11) is 0. The lowest BCUT2D eigenvalue weighted by molar-refractivity contribution is -0.137. The topological polar surface area (TPSA) is 56.5 Å². The SMILES string of the molecule is CCOC(=O)C(=O)c1oc2cc(Br)ccc2c1C. The zero-order valence-electron chi connectivity index (χ0n) is 9.95. The third-order valence-corrected chi connectivity index (χ3v) is 3.06. The van der Waals surface area contributed by atoms with Gasteiger partial charge in [-0.3, -0.25) is 4.79 Å². The number of ketones is 1. The Morgan fingerprint density at radius 1 is 1.39 bits per heavy atom. The number of fused-ring (bicyclic) bond motifs is 1. The summed E-state index contributed by atoms with van der Waals surface area (Å²) in [6, 6.07) is 5.44. The quantitative estimate of drug-likeness (QED) is 0.496. The van der Waals surface area contributed by atoms with Crippen LogP contribution in [0.25, 0.3) is 11.0 Å². The first-order valence-electron chi connectivity index (χ1n) is 5.44. The summed E-state index contributed by atoms with van der Waals surface area (Å²) in [5, 5.41) is 0.811. The molecule has 0 unspecified atom stereocenters. The Morgan fingerprint density at radius 2 is 2.11 bits per heavy atom. The first-order valence-corrected chi connectivity index (χ1v) is 6.24. The molecule has 2 rings (SSSR count). The van der Waals surface area contributed by atoms with Gasteiger partial charge in [0, 0.05) is 15.4 Å². The number of aryl methyl sites for hydroxylation is 1. The third-order valence-electron chi connectivity index (χ3n) is 2.57. The largest absolute Gasteiger partial charge is 0.460 e. The van der Waals surface area contributed by atoms with Gasteiger partial charge in [-0.05, 0) is 32.0 Å². The van der Waals surface area contributed by atoms with Crippen LogP contribution in [0.1, 0.15) is 23.0 Å². The zero-order chi connectivity index (χ0) is 13.3. The van der Waals surface area contributed by atoms with Crippen LogP contribution >= 0.6 is 15.9 Å². The van der Waals surface area contributed by atoms with Gasteiger partial charge >= 0.3 is 11.8 Å². The Balaban J connectivity index is 2.49. The Morgan fingerprint density at radius 3 is 2.78 bits per heavy atom. The van der Waals surface area contributed by atoms with E-state index in [0.29, 0.717) is 11.1 Å². The van der Waals surface area contributed by atoms with Crippen LogP contribution in [0.5, 0.6) is 0 Å². The Bertz CT molecular complexity index is 627. The molecule has 0 aliphatic rings. The van der Waals surface area contributed by atoms with Gasteiger partial charge in [0.2, 0.25) is 0 Å². The van der Waals surface area contributed by atoms with Gasteiger partial charge in [-0.1, -0.05) is 15.9 Å². The number of carbonyl (C=O) groups excluding carboxylic acids is 2. The number of benzene rings is 1. The van der Waals surface area contributed by atoms with E-state index in [-0.39, 0.29) is 12.4 Å². The van der Waals surface area contributed by atoms with Gasteiger partial charge < -0.3 is 9.15 Å². The molecule has 1 aromatic heterocycles. The van der Waals surface area contributed by atoms with Crippen molar-refractivity contribution in [2.24, 2.45) is 0 Å². The second-order valence-electron chi connectivity index (χ2n) is 3.75. The smallest absolute Gasteiger partial charge is 0.383 e. The van der Waals surface area contributed by atoms with Crippen LogP contribution in [0, 0.1) is 6.92 Å². The van der Waals surface area contributed by atoms with Crippen LogP contribution in [0.2, 0.25) is 0 Å². The van der Waals surface area contributed by atoms with E-state index in [9.17, 15) is 9.59 Å². The molecule has 0 spiro atoms. The molecule has 0 bridgehead atoms. The number of hydrogen-bond donors (Lipinski definition) is 0. The molecule has 0 atom stereocenters. The Hall–Kier alpha value is -1.62. The summed E-state index contributed by atoms with van der Waals surface area (Å²) >= 11 is 3.32. The van der Waals surface area contributed by atoms with E-state index in [1.807, 2.05) is 12.1 Å². The molecular weight excluding hydrogens is 300 g/mol. The van der Waals surface area contributed by atoms with Crippen molar-refractivity contribution in [3.8, 4) is 0 Å². The van der Waals surface area contributed by atoms with Crippen molar-refractivity contribution in [3.05, 3.63) is 34.0 Å². The predicted octanol–water partition coefficient (Wildman–Crippen LogP) is 3.25. The summed E-state index contributed by atoms with van der Waals surface area (Å²) in [6.45, 7) is 3.55. The molecule has 18 heavy (non-hydrogen) atoms. The van der Waals surface area contributed by atoms with E-state index in [0.717, 1.165) is 9.86 Å². The Labute approximate surface area is 112 Å². The first kappa shape index (κ1) is 12.8. The summed E-state index contributed by atoms with van der Waals surface area (Å²) in [5.41, 5.74) is 1.21. The highest BCUT2D eigenvalue weighted by Crippen LogP contribution is 2.28. The third kappa shape index (κ3) is 2.18. The van der Waals surface area contributed by atoms with E-state index in [2.05, 4.69) is 20.7 Å². The standard InChI is InChI=1S/C13H11BrO4/c1-3-17-13(16)11(15)12-7(2)9-5-4-8(14)6-10(9)18-12/h4-6H,3H2,1-2H3. The second-order valence-corrected chi connectivity index (χ2v) is 4.66. The molecule has 94 valence electrons. The van der Waals surface area contributed by atoms with Crippen molar-refractivity contribution in [3.63, 3.8) is 0 Å². The van der Waals surface area contributed by atoms with Crippen LogP contribution in [-0.2, 0) is 9.53 Å². The number of rotatable bonds is 3. The lowest BCUT2D eigenvalue weighted by Gasteiger charge is -1.98. The van der Waals surface area contributed by atoms with Crippen molar-refractivity contribution in [2.75, 3.05) is 6.61 Å². The average Bonchev–Trinajstić information content (AvgIpc) is 2.65. The van der Waals surface area contributed by atoms with Gasteiger partial charge in [-0.25, -0.2) is 4.79 Å². The molecule has 0 saturated carbocycles. The minimum Gasteiger partial charge on any atom is -0.460 e. The van der Waals surface area contributed by atoms with Crippen LogP contribution in [0.4, 0.5) is 0 Å². The molecule has 2 aromatic rings. The molecule has 4 nitrogen and oxygen atoms in total. The molecule has 0 fully saturated rings. The van der Waals surface area contributed by atoms with Crippen LogP contribution in [0.3, 0.4) is 0 Å². The van der Waals surface area contributed by atoms with Crippen molar-refractivity contribution in [2.45, 2.75) is 13.8 Å². The van der Waals surface area contributed by atoms with Crippen molar-refractivity contribution in [1.29, 1.82) is 0 Å². The zero-order valence-corrected chi connectivity index (χ0v) is 11.5. The van der Waals surface area contributed by atoms with Gasteiger partial charge in [0.1, 0.15) is 5.58 Å².